The van der Waals surface area contributed by atoms with Crippen molar-refractivity contribution in [2.75, 3.05) is 26.4 Å². The van der Waals surface area contributed by atoms with Crippen molar-refractivity contribution in [1.29, 1.82) is 0 Å². The summed E-state index contributed by atoms with van der Waals surface area (Å²) in [5.41, 5.74) is 0. The number of carbonyl (C=O) groups is 2. The predicted molar refractivity (Wildman–Crippen MR) is 105 cm³/mol. The van der Waals surface area contributed by atoms with Gasteiger partial charge in [0.05, 0.1) is 26.4 Å². The molecule has 0 spiro atoms. The van der Waals surface area contributed by atoms with Gasteiger partial charge in [-0.15, -0.1) is 0 Å². The highest BCUT2D eigenvalue weighted by Gasteiger charge is 2.05. The van der Waals surface area contributed by atoms with Crippen LogP contribution in [0.5, 0.6) is 0 Å². The first-order chi connectivity index (χ1) is 13.2. The number of hydrogen-bond acceptors (Lipinski definition) is 6. The van der Waals surface area contributed by atoms with E-state index in [1.54, 1.807) is 0 Å². The normalized spacial score (nSPS) is 20.2. The third kappa shape index (κ3) is 21.0. The van der Waals surface area contributed by atoms with E-state index >= 15 is 0 Å². The van der Waals surface area contributed by atoms with Crippen molar-refractivity contribution in [2.45, 2.75) is 96.3 Å². The summed E-state index contributed by atoms with van der Waals surface area (Å²) in [5, 5.41) is 15.2. The van der Waals surface area contributed by atoms with Crippen molar-refractivity contribution in [3.05, 3.63) is 0 Å². The minimum Gasteiger partial charge on any atom is -0.466 e. The van der Waals surface area contributed by atoms with E-state index in [0.717, 1.165) is 57.8 Å². The van der Waals surface area contributed by atoms with Crippen LogP contribution in [0.15, 0.2) is 0 Å². The molecule has 1 aliphatic heterocycles. The Morgan fingerprint density at radius 1 is 0.519 bits per heavy atom. The molecule has 0 aromatic heterocycles. The van der Waals surface area contributed by atoms with Crippen LogP contribution in [0.3, 0.4) is 0 Å². The second-order valence-corrected chi connectivity index (χ2v) is 6.98. The number of ether oxygens (including phenoxy) is 2. The number of carbonyl (C=O) groups excluding carboxylic acids is 2. The molecule has 0 amide bonds. The maximum Gasteiger partial charge on any atom is 0.305 e. The molecule has 0 aromatic carbocycles. The van der Waals surface area contributed by atoms with Gasteiger partial charge in [0.15, 0.2) is 0 Å². The van der Waals surface area contributed by atoms with Gasteiger partial charge < -0.3 is 19.7 Å². The highest BCUT2D eigenvalue weighted by molar-refractivity contribution is 5.69. The van der Waals surface area contributed by atoms with Crippen LogP contribution in [0, 0.1) is 0 Å². The summed E-state index contributed by atoms with van der Waals surface area (Å²) in [6.45, 7) is 0.913. The van der Waals surface area contributed by atoms with Gasteiger partial charge in [0, 0.05) is 12.8 Å². The zero-order chi connectivity index (χ0) is 20.0. The van der Waals surface area contributed by atoms with Crippen LogP contribution in [0.25, 0.3) is 0 Å². The van der Waals surface area contributed by atoms with Crippen molar-refractivity contribution < 1.29 is 29.3 Å². The van der Waals surface area contributed by atoms with Crippen LogP contribution < -0.4 is 0 Å². The standard InChI is InChI=1S/C19H34O4.C2H6O2/c20-18-14-10-6-5-7-11-15-19(21)23-17-13-9-4-2-1-3-8-12-16-22-18;3-1-2-4/h1-17H2;3-4H,1-2H2. The lowest BCUT2D eigenvalue weighted by atomic mass is 10.1. The molecule has 0 aliphatic carbocycles. The molecule has 27 heavy (non-hydrogen) atoms. The molecular formula is C21H40O6. The second kappa shape index (κ2) is 21.2. The summed E-state index contributed by atoms with van der Waals surface area (Å²) < 4.78 is 10.5. The second-order valence-electron chi connectivity index (χ2n) is 6.98. The fraction of sp³-hybridized carbons (Fsp3) is 0.905. The topological polar surface area (TPSA) is 93.1 Å². The minimum absolute atomic E-state index is 0.0560. The summed E-state index contributed by atoms with van der Waals surface area (Å²) in [7, 11) is 0. The first kappa shape index (κ1) is 25.9. The van der Waals surface area contributed by atoms with Crippen LogP contribution in [0.1, 0.15) is 96.3 Å². The van der Waals surface area contributed by atoms with Gasteiger partial charge in [-0.2, -0.15) is 0 Å². The van der Waals surface area contributed by atoms with E-state index in [0.29, 0.717) is 26.1 Å². The first-order valence-corrected chi connectivity index (χ1v) is 10.7. The Hall–Kier alpha value is -1.14. The molecule has 0 radical (unpaired) electrons. The average Bonchev–Trinajstić information content (AvgIpc) is 2.67. The lowest BCUT2D eigenvalue weighted by molar-refractivity contribution is -0.144. The lowest BCUT2D eigenvalue weighted by Crippen LogP contribution is -2.06. The van der Waals surface area contributed by atoms with Gasteiger partial charge >= 0.3 is 11.9 Å². The number of aliphatic hydroxyl groups excluding tert-OH is 2. The van der Waals surface area contributed by atoms with Crippen molar-refractivity contribution in [3.63, 3.8) is 0 Å². The van der Waals surface area contributed by atoms with Gasteiger partial charge in [0.2, 0.25) is 0 Å². The van der Waals surface area contributed by atoms with Crippen LogP contribution in [0.2, 0.25) is 0 Å². The molecule has 1 saturated heterocycles. The van der Waals surface area contributed by atoms with Gasteiger partial charge in [-0.1, -0.05) is 57.8 Å². The van der Waals surface area contributed by atoms with Gasteiger partial charge in [-0.05, 0) is 25.7 Å². The van der Waals surface area contributed by atoms with E-state index in [2.05, 4.69) is 0 Å². The molecule has 2 N–H and O–H groups in total. The van der Waals surface area contributed by atoms with Gasteiger partial charge in [-0.3, -0.25) is 9.59 Å². The molecule has 160 valence electrons. The van der Waals surface area contributed by atoms with E-state index in [1.807, 2.05) is 0 Å². The monoisotopic (exact) mass is 388 g/mol. The molecule has 1 fully saturated rings. The summed E-state index contributed by atoms with van der Waals surface area (Å²) >= 11 is 0. The van der Waals surface area contributed by atoms with E-state index in [-0.39, 0.29) is 25.2 Å². The summed E-state index contributed by atoms with van der Waals surface area (Å²) in [4.78, 5) is 23.1. The highest BCUT2D eigenvalue weighted by atomic mass is 16.5. The molecule has 0 aromatic rings. The highest BCUT2D eigenvalue weighted by Crippen LogP contribution is 2.11. The number of rotatable bonds is 1. The van der Waals surface area contributed by atoms with E-state index in [1.165, 1.54) is 25.7 Å². The molecule has 6 heteroatoms. The Kier molecular flexibility index (Phi) is 20.3. The Morgan fingerprint density at radius 2 is 0.815 bits per heavy atom. The smallest absolute Gasteiger partial charge is 0.305 e. The van der Waals surface area contributed by atoms with Gasteiger partial charge in [0.1, 0.15) is 0 Å². The quantitative estimate of drug-likeness (QED) is 0.662. The first-order valence-electron chi connectivity index (χ1n) is 10.7. The molecule has 0 bridgehead atoms. The van der Waals surface area contributed by atoms with Gasteiger partial charge in [-0.25, -0.2) is 0 Å². The molecule has 1 heterocycles. The lowest BCUT2D eigenvalue weighted by Gasteiger charge is -2.05. The third-order valence-corrected chi connectivity index (χ3v) is 4.43. The summed E-state index contributed by atoms with van der Waals surface area (Å²) in [6.07, 6.45) is 15.2. The van der Waals surface area contributed by atoms with Gasteiger partial charge in [0.25, 0.3) is 0 Å². The number of hydrogen-bond donors (Lipinski definition) is 2. The molecule has 6 nitrogen and oxygen atoms in total. The minimum atomic E-state index is -0.125. The van der Waals surface area contributed by atoms with Crippen molar-refractivity contribution in [1.82, 2.24) is 0 Å². The molecule has 0 saturated carbocycles. The zero-order valence-corrected chi connectivity index (χ0v) is 17.0. The number of cyclic esters (lactones) is 2. The third-order valence-electron chi connectivity index (χ3n) is 4.43. The molecule has 0 atom stereocenters. The summed E-state index contributed by atoms with van der Waals surface area (Å²) in [6, 6.07) is 0. The Balaban J connectivity index is 0.00000153. The van der Waals surface area contributed by atoms with Crippen LogP contribution in [-0.4, -0.2) is 48.6 Å². The van der Waals surface area contributed by atoms with E-state index in [9.17, 15) is 9.59 Å². The fourth-order valence-corrected chi connectivity index (χ4v) is 2.85. The Bertz CT molecular complexity index is 314. The summed E-state index contributed by atoms with van der Waals surface area (Å²) in [5.74, 6) is -0.112. The van der Waals surface area contributed by atoms with Crippen molar-refractivity contribution >= 4 is 11.9 Å². The Morgan fingerprint density at radius 3 is 1.15 bits per heavy atom. The zero-order valence-electron chi connectivity index (χ0n) is 17.0. The maximum absolute atomic E-state index is 11.6. The molecular weight excluding hydrogens is 348 g/mol. The predicted octanol–water partition coefficient (Wildman–Crippen LogP) is 3.91. The van der Waals surface area contributed by atoms with E-state index in [4.69, 9.17) is 19.7 Å². The van der Waals surface area contributed by atoms with Crippen molar-refractivity contribution in [3.8, 4) is 0 Å². The fourth-order valence-electron chi connectivity index (χ4n) is 2.85. The SMILES string of the molecule is O=C1CCCCCCCC(=O)OCCCCCCCCCCO1.OCCO. The van der Waals surface area contributed by atoms with Crippen LogP contribution in [-0.2, 0) is 19.1 Å². The Labute approximate surface area is 164 Å². The number of esters is 2. The molecule has 0 unspecified atom stereocenters. The van der Waals surface area contributed by atoms with E-state index < -0.39 is 0 Å². The van der Waals surface area contributed by atoms with Crippen molar-refractivity contribution in [2.24, 2.45) is 0 Å². The largest absolute Gasteiger partial charge is 0.466 e. The number of aliphatic hydroxyl groups is 2. The van der Waals surface area contributed by atoms with Crippen LogP contribution >= 0.6 is 0 Å². The average molecular weight is 389 g/mol. The van der Waals surface area contributed by atoms with Crippen LogP contribution in [0.4, 0.5) is 0 Å². The molecule has 1 rings (SSSR count). The molecule has 1 aliphatic rings. The maximum atomic E-state index is 11.6.